The molecule has 9 heteroatoms. The first-order chi connectivity index (χ1) is 19.1. The van der Waals surface area contributed by atoms with Crippen LogP contribution in [0.1, 0.15) is 48.3 Å². The summed E-state index contributed by atoms with van der Waals surface area (Å²) in [7, 11) is 1.65. The molecule has 1 fully saturated rings. The van der Waals surface area contributed by atoms with Crippen LogP contribution < -0.4 is 10.1 Å². The number of carbonyl (C=O) groups excluding carboxylic acids is 1. The maximum Gasteiger partial charge on any atom is 0.339 e. The average Bonchev–Trinajstić information content (AvgIpc) is 3.65. The minimum Gasteiger partial charge on any atom is -0.497 e. The second kappa shape index (κ2) is 10.8. The topological polar surface area (TPSA) is 91.9 Å². The van der Waals surface area contributed by atoms with Crippen LogP contribution in [0.4, 0.5) is 5.82 Å². The summed E-state index contributed by atoms with van der Waals surface area (Å²) in [4.78, 5) is 17.6. The second-order valence-electron chi connectivity index (χ2n) is 9.55. The van der Waals surface area contributed by atoms with Gasteiger partial charge in [0.05, 0.1) is 41.5 Å². The van der Waals surface area contributed by atoms with E-state index in [1.807, 2.05) is 63.9 Å². The zero-order valence-electron chi connectivity index (χ0n) is 22.1. The van der Waals surface area contributed by atoms with Gasteiger partial charge in [0, 0.05) is 31.1 Å². The van der Waals surface area contributed by atoms with E-state index in [4.69, 9.17) is 19.2 Å². The quantitative estimate of drug-likeness (QED) is 0.254. The van der Waals surface area contributed by atoms with Gasteiger partial charge >= 0.3 is 5.97 Å². The molecule has 6 rings (SSSR count). The molecule has 1 saturated heterocycles. The van der Waals surface area contributed by atoms with Crippen molar-refractivity contribution in [2.45, 2.75) is 39.0 Å². The van der Waals surface area contributed by atoms with E-state index in [2.05, 4.69) is 22.5 Å². The lowest BCUT2D eigenvalue weighted by atomic mass is 10.1. The van der Waals surface area contributed by atoms with Gasteiger partial charge in [0.1, 0.15) is 5.75 Å². The number of carbonyl (C=O) groups is 1. The van der Waals surface area contributed by atoms with Crippen LogP contribution in [0.25, 0.3) is 27.8 Å². The number of ether oxygens (including phenoxy) is 3. The van der Waals surface area contributed by atoms with Crippen molar-refractivity contribution in [3.63, 3.8) is 0 Å². The third-order valence-corrected chi connectivity index (χ3v) is 7.05. The Morgan fingerprint density at radius 1 is 1.10 bits per heavy atom. The van der Waals surface area contributed by atoms with E-state index in [9.17, 15) is 4.79 Å². The summed E-state index contributed by atoms with van der Waals surface area (Å²) in [6.07, 6.45) is 6.72. The molecule has 39 heavy (non-hydrogen) atoms. The smallest absolute Gasteiger partial charge is 0.339 e. The zero-order chi connectivity index (χ0) is 26.8. The Hall–Kier alpha value is -4.37. The molecule has 0 radical (unpaired) electrons. The van der Waals surface area contributed by atoms with Gasteiger partial charge in [0.25, 0.3) is 0 Å². The first kappa shape index (κ1) is 24.9. The number of nitrogens with zero attached hydrogens (tertiary/aromatic N) is 4. The van der Waals surface area contributed by atoms with Crippen molar-refractivity contribution >= 4 is 28.3 Å². The molecule has 1 aliphatic heterocycles. The number of benzene rings is 2. The normalized spacial score (nSPS) is 15.5. The molecule has 3 aromatic heterocycles. The molecule has 0 bridgehead atoms. The van der Waals surface area contributed by atoms with E-state index in [0.717, 1.165) is 65.0 Å². The third-order valence-electron chi connectivity index (χ3n) is 7.05. The van der Waals surface area contributed by atoms with Gasteiger partial charge in [-0.15, -0.1) is 0 Å². The first-order valence-electron chi connectivity index (χ1n) is 13.3. The van der Waals surface area contributed by atoms with Crippen LogP contribution in [0, 0.1) is 0 Å². The molecule has 0 aliphatic carbocycles. The van der Waals surface area contributed by atoms with Crippen LogP contribution in [0.2, 0.25) is 0 Å². The van der Waals surface area contributed by atoms with Crippen molar-refractivity contribution in [1.82, 2.24) is 19.2 Å². The lowest BCUT2D eigenvalue weighted by Crippen LogP contribution is -2.19. The fourth-order valence-corrected chi connectivity index (χ4v) is 5.07. The average molecular weight is 526 g/mol. The molecule has 4 heterocycles. The zero-order valence-corrected chi connectivity index (χ0v) is 22.1. The van der Waals surface area contributed by atoms with E-state index in [0.29, 0.717) is 24.5 Å². The molecule has 200 valence electrons. The number of rotatable bonds is 8. The van der Waals surface area contributed by atoms with E-state index in [1.165, 1.54) is 0 Å². The highest BCUT2D eigenvalue weighted by Gasteiger charge is 2.21. The summed E-state index contributed by atoms with van der Waals surface area (Å²) in [5, 5.41) is 8.05. The summed E-state index contributed by atoms with van der Waals surface area (Å²) in [5.74, 6) is 1.12. The number of methoxy groups -OCH3 is 1. The number of esters is 1. The fraction of sp³-hybridized carbons (Fsp3) is 0.300. The lowest BCUT2D eigenvalue weighted by molar-refractivity contribution is -0.0383. The van der Waals surface area contributed by atoms with Gasteiger partial charge in [0.15, 0.2) is 12.0 Å². The summed E-state index contributed by atoms with van der Waals surface area (Å²) >= 11 is 0. The summed E-state index contributed by atoms with van der Waals surface area (Å²) < 4.78 is 20.5. The molecule has 1 N–H and O–H groups in total. The molecule has 0 amide bonds. The van der Waals surface area contributed by atoms with Gasteiger partial charge in [-0.25, -0.2) is 14.5 Å². The van der Waals surface area contributed by atoms with Crippen LogP contribution in [-0.4, -0.2) is 45.5 Å². The Kier molecular flexibility index (Phi) is 6.89. The summed E-state index contributed by atoms with van der Waals surface area (Å²) in [6.45, 7) is 3.43. The van der Waals surface area contributed by atoms with Crippen molar-refractivity contribution < 1.29 is 19.0 Å². The molecule has 0 spiro atoms. The second-order valence-corrected chi connectivity index (χ2v) is 9.55. The molecular formula is C30H31N5O4. The van der Waals surface area contributed by atoms with Crippen LogP contribution in [0.5, 0.6) is 5.75 Å². The van der Waals surface area contributed by atoms with Gasteiger partial charge in [0.2, 0.25) is 0 Å². The molecule has 1 unspecified atom stereocenters. The summed E-state index contributed by atoms with van der Waals surface area (Å²) in [5.41, 5.74) is 6.03. The Balaban J connectivity index is 1.41. The Bertz CT molecular complexity index is 1620. The largest absolute Gasteiger partial charge is 0.497 e. The van der Waals surface area contributed by atoms with Crippen LogP contribution in [0.3, 0.4) is 0 Å². The Morgan fingerprint density at radius 3 is 2.74 bits per heavy atom. The minimum atomic E-state index is -0.358. The van der Waals surface area contributed by atoms with Gasteiger partial charge in [-0.2, -0.15) is 5.10 Å². The van der Waals surface area contributed by atoms with Crippen LogP contribution >= 0.6 is 0 Å². The maximum atomic E-state index is 12.6. The van der Waals surface area contributed by atoms with Crippen LogP contribution in [0.15, 0.2) is 67.0 Å². The maximum absolute atomic E-state index is 12.6. The summed E-state index contributed by atoms with van der Waals surface area (Å²) in [6, 6.07) is 17.9. The monoisotopic (exact) mass is 525 g/mol. The van der Waals surface area contributed by atoms with Crippen molar-refractivity contribution in [2.24, 2.45) is 0 Å². The number of fused-ring (bicyclic) bond motifs is 3. The molecule has 1 atom stereocenters. The molecule has 1 aliphatic rings. The molecule has 5 aromatic rings. The van der Waals surface area contributed by atoms with E-state index < -0.39 is 0 Å². The number of anilines is 1. The Labute approximate surface area is 226 Å². The standard InChI is InChI=1S/C30H31N5O4/c1-3-38-30(36)22-17-27-29(31-18-20-7-10-23(37-2)11-8-20)33-24-16-21(9-12-26(24)34(27)19-22)25-13-14-32-35(25)28-6-4-5-15-39-28/h7-14,16-17,19,28H,3-6,15,18H2,1-2H3,(H,31,33). The van der Waals surface area contributed by atoms with Crippen molar-refractivity contribution in [3.8, 4) is 17.0 Å². The van der Waals surface area contributed by atoms with Gasteiger partial charge in [-0.3, -0.25) is 0 Å². The number of nitrogens with one attached hydrogen (secondary N) is 1. The third kappa shape index (κ3) is 4.93. The highest BCUT2D eigenvalue weighted by atomic mass is 16.5. The predicted molar refractivity (Wildman–Crippen MR) is 149 cm³/mol. The molecule has 0 saturated carbocycles. The van der Waals surface area contributed by atoms with E-state index in [1.54, 1.807) is 14.0 Å². The van der Waals surface area contributed by atoms with E-state index in [-0.39, 0.29) is 12.2 Å². The number of hydrogen-bond acceptors (Lipinski definition) is 7. The molecule has 2 aromatic carbocycles. The van der Waals surface area contributed by atoms with Crippen molar-refractivity contribution in [3.05, 3.63) is 78.1 Å². The molecular weight excluding hydrogens is 494 g/mol. The van der Waals surface area contributed by atoms with Crippen molar-refractivity contribution in [2.75, 3.05) is 25.6 Å². The Morgan fingerprint density at radius 2 is 1.97 bits per heavy atom. The molecule has 9 nitrogen and oxygen atoms in total. The fourth-order valence-electron chi connectivity index (χ4n) is 5.07. The minimum absolute atomic E-state index is 0.0619. The number of hydrogen-bond donors (Lipinski definition) is 1. The van der Waals surface area contributed by atoms with Gasteiger partial charge < -0.3 is 23.9 Å². The highest BCUT2D eigenvalue weighted by molar-refractivity contribution is 5.95. The van der Waals surface area contributed by atoms with Crippen LogP contribution in [-0.2, 0) is 16.0 Å². The van der Waals surface area contributed by atoms with E-state index >= 15 is 0 Å². The lowest BCUT2D eigenvalue weighted by Gasteiger charge is -2.24. The first-order valence-corrected chi connectivity index (χ1v) is 13.3. The van der Waals surface area contributed by atoms with Crippen molar-refractivity contribution in [1.29, 1.82) is 0 Å². The van der Waals surface area contributed by atoms with Gasteiger partial charge in [-0.05, 0) is 68.1 Å². The van der Waals surface area contributed by atoms with Gasteiger partial charge in [-0.1, -0.05) is 18.2 Å². The predicted octanol–water partition coefficient (Wildman–Crippen LogP) is 5.85. The highest BCUT2D eigenvalue weighted by Crippen LogP contribution is 2.32. The SMILES string of the molecule is CCOC(=O)c1cc2c(NCc3ccc(OC)cc3)nc3cc(-c4ccnn4C4CCCCO4)ccc3n2c1. The number of aromatic nitrogens is 4.